The van der Waals surface area contributed by atoms with Crippen LogP contribution < -0.4 is 15.6 Å². The van der Waals surface area contributed by atoms with Gasteiger partial charge in [0, 0.05) is 18.0 Å². The van der Waals surface area contributed by atoms with Crippen molar-refractivity contribution in [2.75, 3.05) is 5.32 Å². The van der Waals surface area contributed by atoms with E-state index in [-0.39, 0.29) is 5.75 Å². The molecular weight excluding hydrogens is 416 g/mol. The highest BCUT2D eigenvalue weighted by atomic mass is 35.5. The number of anilines is 2. The fourth-order valence-corrected chi connectivity index (χ4v) is 2.96. The van der Waals surface area contributed by atoms with Gasteiger partial charge in [0.2, 0.25) is 0 Å². The minimum Gasteiger partial charge on any atom is -0.457 e. The molecular formula is C20H14ClF2N5O2. The Morgan fingerprint density at radius 2 is 1.97 bits per heavy atom. The number of halogens is 3. The zero-order valence-corrected chi connectivity index (χ0v) is 16.3. The summed E-state index contributed by atoms with van der Waals surface area (Å²) in [6.45, 7) is -1.09. The van der Waals surface area contributed by atoms with Gasteiger partial charge in [-0.15, -0.1) is 0 Å². The fourth-order valence-electron chi connectivity index (χ4n) is 2.81. The van der Waals surface area contributed by atoms with Gasteiger partial charge >= 0.3 is 6.55 Å². The van der Waals surface area contributed by atoms with E-state index in [0.717, 1.165) is 23.5 Å². The van der Waals surface area contributed by atoms with Crippen LogP contribution in [-0.4, -0.2) is 19.5 Å². The molecule has 0 spiro atoms. The van der Waals surface area contributed by atoms with Crippen molar-refractivity contribution in [1.29, 1.82) is 0 Å². The lowest BCUT2D eigenvalue weighted by Crippen LogP contribution is -2.18. The molecule has 4 aromatic rings. The molecule has 0 aliphatic rings. The first-order valence-electron chi connectivity index (χ1n) is 8.74. The molecule has 10 heteroatoms. The molecule has 0 fully saturated rings. The van der Waals surface area contributed by atoms with E-state index in [9.17, 15) is 13.6 Å². The summed E-state index contributed by atoms with van der Waals surface area (Å²) in [6.07, 6.45) is 2.41. The number of hydrogen-bond acceptors (Lipinski definition) is 6. The van der Waals surface area contributed by atoms with Gasteiger partial charge in [-0.05, 0) is 48.9 Å². The van der Waals surface area contributed by atoms with Crippen molar-refractivity contribution in [3.05, 3.63) is 76.1 Å². The lowest BCUT2D eigenvalue weighted by Gasteiger charge is -2.12. The molecule has 0 atom stereocenters. The smallest absolute Gasteiger partial charge is 0.321 e. The van der Waals surface area contributed by atoms with Crippen LogP contribution >= 0.6 is 11.6 Å². The van der Waals surface area contributed by atoms with Crippen LogP contribution in [0.5, 0.6) is 11.5 Å². The Morgan fingerprint density at radius 1 is 1.13 bits per heavy atom. The van der Waals surface area contributed by atoms with E-state index in [4.69, 9.17) is 16.3 Å². The summed E-state index contributed by atoms with van der Waals surface area (Å²) in [5.41, 5.74) is 1.80. The first kappa shape index (κ1) is 19.7. The van der Waals surface area contributed by atoms with Crippen LogP contribution in [0.25, 0.3) is 11.0 Å². The molecule has 3 heterocycles. The van der Waals surface area contributed by atoms with E-state index in [2.05, 4.69) is 20.3 Å². The average Bonchev–Trinajstić information content (AvgIpc) is 2.70. The third-order valence-corrected chi connectivity index (χ3v) is 4.45. The minimum atomic E-state index is -2.90. The highest BCUT2D eigenvalue weighted by Crippen LogP contribution is 2.29. The monoisotopic (exact) mass is 429 g/mol. The molecule has 0 saturated carbocycles. The molecule has 152 valence electrons. The van der Waals surface area contributed by atoms with Crippen LogP contribution in [0.15, 0.2) is 59.8 Å². The molecule has 0 bridgehead atoms. The summed E-state index contributed by atoms with van der Waals surface area (Å²) in [6, 6.07) is 11.0. The number of rotatable bonds is 5. The van der Waals surface area contributed by atoms with E-state index in [1.54, 1.807) is 24.3 Å². The standard InChI is InChI=1S/C20H14ClF2N5O2/c1-11-8-12(26-19-18-14(24-10-25-19)3-5-16(21)27-18)2-4-15(11)30-13-6-7-28(20(22)23)17(29)9-13/h2-10,20H,1H3,(H,24,25,26). The van der Waals surface area contributed by atoms with Crippen molar-refractivity contribution in [3.63, 3.8) is 0 Å². The summed E-state index contributed by atoms with van der Waals surface area (Å²) in [4.78, 5) is 24.4. The van der Waals surface area contributed by atoms with E-state index in [1.807, 2.05) is 13.0 Å². The predicted molar refractivity (Wildman–Crippen MR) is 109 cm³/mol. The van der Waals surface area contributed by atoms with Crippen molar-refractivity contribution in [3.8, 4) is 11.5 Å². The molecule has 0 amide bonds. The van der Waals surface area contributed by atoms with Crippen LogP contribution in [0.2, 0.25) is 5.15 Å². The normalized spacial score (nSPS) is 11.1. The molecule has 3 aromatic heterocycles. The van der Waals surface area contributed by atoms with Crippen LogP contribution in [0.1, 0.15) is 12.1 Å². The Kier molecular flexibility index (Phi) is 5.28. The number of hydrogen-bond donors (Lipinski definition) is 1. The van der Waals surface area contributed by atoms with E-state index in [0.29, 0.717) is 32.3 Å². The number of ether oxygens (including phenoxy) is 1. The maximum atomic E-state index is 12.7. The maximum absolute atomic E-state index is 12.7. The predicted octanol–water partition coefficient (Wildman–Crippen LogP) is 5.08. The van der Waals surface area contributed by atoms with E-state index < -0.39 is 12.1 Å². The molecule has 0 aliphatic heterocycles. The second-order valence-corrected chi connectivity index (χ2v) is 6.70. The number of alkyl halides is 2. The molecule has 0 unspecified atom stereocenters. The van der Waals surface area contributed by atoms with Gasteiger partial charge in [0.25, 0.3) is 5.56 Å². The van der Waals surface area contributed by atoms with Crippen LogP contribution in [0, 0.1) is 6.92 Å². The van der Waals surface area contributed by atoms with Gasteiger partial charge < -0.3 is 10.1 Å². The van der Waals surface area contributed by atoms with Crippen LogP contribution in [0.4, 0.5) is 20.3 Å². The average molecular weight is 430 g/mol. The zero-order valence-electron chi connectivity index (χ0n) is 15.5. The first-order valence-corrected chi connectivity index (χ1v) is 9.11. The molecule has 7 nitrogen and oxygen atoms in total. The summed E-state index contributed by atoms with van der Waals surface area (Å²) in [5, 5.41) is 3.50. The fraction of sp³-hybridized carbons (Fsp3) is 0.100. The van der Waals surface area contributed by atoms with Gasteiger partial charge in [0.15, 0.2) is 5.82 Å². The van der Waals surface area contributed by atoms with Gasteiger partial charge in [-0.1, -0.05) is 11.6 Å². The van der Waals surface area contributed by atoms with Crippen molar-refractivity contribution < 1.29 is 13.5 Å². The van der Waals surface area contributed by atoms with Crippen molar-refractivity contribution >= 4 is 34.1 Å². The number of aryl methyl sites for hydroxylation is 1. The lowest BCUT2D eigenvalue weighted by atomic mass is 10.2. The molecule has 0 radical (unpaired) electrons. The Hall–Kier alpha value is -3.59. The Bertz CT molecular complexity index is 1300. The molecule has 1 N–H and O–H groups in total. The van der Waals surface area contributed by atoms with Crippen LogP contribution in [-0.2, 0) is 0 Å². The summed E-state index contributed by atoms with van der Waals surface area (Å²) >= 11 is 5.98. The van der Waals surface area contributed by atoms with Gasteiger partial charge in [0.05, 0.1) is 5.52 Å². The van der Waals surface area contributed by atoms with Crippen LogP contribution in [0.3, 0.4) is 0 Å². The van der Waals surface area contributed by atoms with Crippen molar-refractivity contribution in [1.82, 2.24) is 19.5 Å². The molecule has 0 saturated heterocycles. The van der Waals surface area contributed by atoms with Gasteiger partial charge in [0.1, 0.15) is 28.5 Å². The number of aromatic nitrogens is 4. The second-order valence-electron chi connectivity index (χ2n) is 6.32. The SMILES string of the molecule is Cc1cc(Nc2ncnc3ccc(Cl)nc23)ccc1Oc1ccn(C(F)F)c(=O)c1. The Balaban J connectivity index is 1.58. The molecule has 0 aliphatic carbocycles. The van der Waals surface area contributed by atoms with E-state index in [1.165, 1.54) is 12.4 Å². The number of pyridine rings is 2. The number of nitrogens with one attached hydrogen (secondary N) is 1. The topological polar surface area (TPSA) is 81.9 Å². The molecule has 1 aromatic carbocycles. The highest BCUT2D eigenvalue weighted by Gasteiger charge is 2.11. The third kappa shape index (κ3) is 4.06. The summed E-state index contributed by atoms with van der Waals surface area (Å²) in [7, 11) is 0. The second kappa shape index (κ2) is 8.03. The summed E-state index contributed by atoms with van der Waals surface area (Å²) in [5.74, 6) is 1.14. The largest absolute Gasteiger partial charge is 0.457 e. The molecule has 4 rings (SSSR count). The lowest BCUT2D eigenvalue weighted by molar-refractivity contribution is 0.0662. The first-order chi connectivity index (χ1) is 14.4. The van der Waals surface area contributed by atoms with Gasteiger partial charge in [-0.25, -0.2) is 15.0 Å². The number of benzene rings is 1. The number of nitrogens with zero attached hydrogens (tertiary/aromatic N) is 4. The Labute approximate surface area is 174 Å². The maximum Gasteiger partial charge on any atom is 0.321 e. The van der Waals surface area contributed by atoms with E-state index >= 15 is 0 Å². The van der Waals surface area contributed by atoms with Crippen molar-refractivity contribution in [2.24, 2.45) is 0 Å². The minimum absolute atomic E-state index is 0.168. The summed E-state index contributed by atoms with van der Waals surface area (Å²) < 4.78 is 31.4. The highest BCUT2D eigenvalue weighted by molar-refractivity contribution is 6.29. The van der Waals surface area contributed by atoms with Crippen molar-refractivity contribution in [2.45, 2.75) is 13.5 Å². The zero-order chi connectivity index (χ0) is 21.3. The number of fused-ring (bicyclic) bond motifs is 1. The third-order valence-electron chi connectivity index (χ3n) is 4.24. The Morgan fingerprint density at radius 3 is 2.70 bits per heavy atom. The molecule has 30 heavy (non-hydrogen) atoms. The van der Waals surface area contributed by atoms with Gasteiger partial charge in [-0.2, -0.15) is 8.78 Å². The van der Waals surface area contributed by atoms with Gasteiger partial charge in [-0.3, -0.25) is 9.36 Å². The quantitative estimate of drug-likeness (QED) is 0.445.